The number of rotatable bonds is 8. The minimum atomic E-state index is -0.0258. The first-order valence-corrected chi connectivity index (χ1v) is 12.2. The Morgan fingerprint density at radius 1 is 1.09 bits per heavy atom. The SMILES string of the molecule is CNc1nc(N)c2c(CC3(c4ccccc4)CCN(CC4CC4)CC3)c(OC)c(OC)cc2n1. The van der Waals surface area contributed by atoms with Crippen LogP contribution in [0.5, 0.6) is 11.5 Å². The molecular formula is C27H35N5O2. The topological polar surface area (TPSA) is 85.5 Å². The van der Waals surface area contributed by atoms with Gasteiger partial charge in [-0.2, -0.15) is 4.98 Å². The molecule has 1 saturated carbocycles. The van der Waals surface area contributed by atoms with E-state index >= 15 is 0 Å². The Hall–Kier alpha value is -3.06. The van der Waals surface area contributed by atoms with Crippen LogP contribution in [0.4, 0.5) is 11.8 Å². The van der Waals surface area contributed by atoms with E-state index in [2.05, 4.69) is 45.5 Å². The highest BCUT2D eigenvalue weighted by Crippen LogP contribution is 2.46. The molecule has 3 aromatic rings. The Bertz CT molecular complexity index is 1150. The molecule has 7 nitrogen and oxygen atoms in total. The van der Waals surface area contributed by atoms with Gasteiger partial charge in [-0.05, 0) is 56.7 Å². The molecule has 0 unspecified atom stereocenters. The summed E-state index contributed by atoms with van der Waals surface area (Å²) in [7, 11) is 5.15. The zero-order valence-corrected chi connectivity index (χ0v) is 20.4. The maximum Gasteiger partial charge on any atom is 0.224 e. The van der Waals surface area contributed by atoms with E-state index in [0.29, 0.717) is 17.5 Å². The van der Waals surface area contributed by atoms with E-state index in [1.165, 1.54) is 24.9 Å². The van der Waals surface area contributed by atoms with Crippen LogP contribution >= 0.6 is 0 Å². The first-order chi connectivity index (χ1) is 16.6. The molecule has 180 valence electrons. The Morgan fingerprint density at radius 3 is 2.44 bits per heavy atom. The summed E-state index contributed by atoms with van der Waals surface area (Å²) >= 11 is 0. The third kappa shape index (κ3) is 4.25. The zero-order valence-electron chi connectivity index (χ0n) is 20.4. The van der Waals surface area contributed by atoms with Crippen molar-refractivity contribution in [3.05, 3.63) is 47.5 Å². The predicted octanol–water partition coefficient (Wildman–Crippen LogP) is 4.26. The number of piperidine rings is 1. The van der Waals surface area contributed by atoms with Crippen LogP contribution in [-0.2, 0) is 11.8 Å². The summed E-state index contributed by atoms with van der Waals surface area (Å²) in [5, 5.41) is 3.86. The third-order valence-electron chi connectivity index (χ3n) is 7.61. The number of hydrogen-bond acceptors (Lipinski definition) is 7. The summed E-state index contributed by atoms with van der Waals surface area (Å²) < 4.78 is 11.7. The molecule has 0 radical (unpaired) electrons. The van der Waals surface area contributed by atoms with Crippen LogP contribution in [0.15, 0.2) is 36.4 Å². The number of likely N-dealkylation sites (tertiary alicyclic amines) is 1. The molecule has 1 aliphatic heterocycles. The van der Waals surface area contributed by atoms with Gasteiger partial charge >= 0.3 is 0 Å². The molecule has 2 heterocycles. The van der Waals surface area contributed by atoms with Crippen LogP contribution < -0.4 is 20.5 Å². The average molecular weight is 462 g/mol. The summed E-state index contributed by atoms with van der Waals surface area (Å²) in [5.41, 5.74) is 9.65. The maximum atomic E-state index is 6.52. The van der Waals surface area contributed by atoms with Crippen molar-refractivity contribution in [3.8, 4) is 11.5 Å². The number of fused-ring (bicyclic) bond motifs is 1. The molecule has 1 saturated heterocycles. The molecule has 2 aliphatic rings. The first kappa shape index (κ1) is 22.7. The van der Waals surface area contributed by atoms with E-state index in [1.54, 1.807) is 21.3 Å². The van der Waals surface area contributed by atoms with Crippen LogP contribution in [0, 0.1) is 5.92 Å². The normalized spacial score (nSPS) is 18.1. The van der Waals surface area contributed by atoms with Crippen LogP contribution in [-0.4, -0.2) is 55.8 Å². The standard InChI is InChI=1S/C27H35N5O2/c1-29-26-30-21-15-22(33-2)24(34-3)20(23(21)25(28)31-26)16-27(19-7-5-4-6-8-19)11-13-32(14-12-27)17-18-9-10-18/h4-8,15,18H,9-14,16-17H2,1-3H3,(H3,28,29,30,31). The number of nitrogens with one attached hydrogen (secondary N) is 1. The second kappa shape index (κ2) is 9.29. The van der Waals surface area contributed by atoms with Crippen molar-refractivity contribution in [1.82, 2.24) is 14.9 Å². The van der Waals surface area contributed by atoms with Crippen LogP contribution in [0.2, 0.25) is 0 Å². The van der Waals surface area contributed by atoms with Crippen LogP contribution in [0.25, 0.3) is 10.9 Å². The van der Waals surface area contributed by atoms with Crippen LogP contribution in [0.1, 0.15) is 36.8 Å². The molecule has 0 atom stereocenters. The fourth-order valence-electron chi connectivity index (χ4n) is 5.54. The first-order valence-electron chi connectivity index (χ1n) is 12.2. The average Bonchev–Trinajstić information content (AvgIpc) is 3.69. The van der Waals surface area contributed by atoms with E-state index in [-0.39, 0.29) is 5.41 Å². The number of hydrogen-bond donors (Lipinski definition) is 2. The maximum absolute atomic E-state index is 6.52. The number of ether oxygens (including phenoxy) is 2. The van der Waals surface area contributed by atoms with Gasteiger partial charge in [-0.15, -0.1) is 0 Å². The van der Waals surface area contributed by atoms with E-state index in [9.17, 15) is 0 Å². The molecule has 5 rings (SSSR count). The third-order valence-corrected chi connectivity index (χ3v) is 7.61. The van der Waals surface area contributed by atoms with Crippen molar-refractivity contribution in [3.63, 3.8) is 0 Å². The highest BCUT2D eigenvalue weighted by atomic mass is 16.5. The minimum Gasteiger partial charge on any atom is -0.493 e. The molecule has 7 heteroatoms. The fraction of sp³-hybridized carbons (Fsp3) is 0.481. The predicted molar refractivity (Wildman–Crippen MR) is 137 cm³/mol. The lowest BCUT2D eigenvalue weighted by atomic mass is 9.68. The fourth-order valence-corrected chi connectivity index (χ4v) is 5.54. The van der Waals surface area contributed by atoms with Gasteiger partial charge in [-0.25, -0.2) is 4.98 Å². The summed E-state index contributed by atoms with van der Waals surface area (Å²) in [6, 6.07) is 12.8. The Morgan fingerprint density at radius 2 is 1.82 bits per heavy atom. The molecular weight excluding hydrogens is 426 g/mol. The monoisotopic (exact) mass is 461 g/mol. The molecule has 34 heavy (non-hydrogen) atoms. The van der Waals surface area contributed by atoms with Crippen LogP contribution in [0.3, 0.4) is 0 Å². The van der Waals surface area contributed by atoms with Crippen molar-refractivity contribution in [2.45, 2.75) is 37.5 Å². The molecule has 0 bridgehead atoms. The molecule has 2 aromatic carbocycles. The molecule has 1 aromatic heterocycles. The Kier molecular flexibility index (Phi) is 6.21. The quantitative estimate of drug-likeness (QED) is 0.518. The highest BCUT2D eigenvalue weighted by molar-refractivity contribution is 5.95. The summed E-state index contributed by atoms with van der Waals surface area (Å²) in [6.45, 7) is 3.45. The van der Waals surface area contributed by atoms with Crippen molar-refractivity contribution in [2.24, 2.45) is 5.92 Å². The van der Waals surface area contributed by atoms with Crippen molar-refractivity contribution < 1.29 is 9.47 Å². The zero-order chi connectivity index (χ0) is 23.7. The lowest BCUT2D eigenvalue weighted by Gasteiger charge is -2.43. The lowest BCUT2D eigenvalue weighted by Crippen LogP contribution is -2.44. The van der Waals surface area contributed by atoms with Crippen molar-refractivity contribution in [1.29, 1.82) is 0 Å². The lowest BCUT2D eigenvalue weighted by molar-refractivity contribution is 0.152. The Labute approximate surface area is 201 Å². The number of methoxy groups -OCH3 is 2. The van der Waals surface area contributed by atoms with E-state index < -0.39 is 0 Å². The minimum absolute atomic E-state index is 0.0258. The van der Waals surface area contributed by atoms with Gasteiger partial charge in [-0.3, -0.25) is 0 Å². The Balaban J connectivity index is 1.62. The number of anilines is 2. The smallest absolute Gasteiger partial charge is 0.224 e. The molecule has 1 aliphatic carbocycles. The second-order valence-electron chi connectivity index (χ2n) is 9.73. The van der Waals surface area contributed by atoms with Gasteiger partial charge in [-0.1, -0.05) is 30.3 Å². The van der Waals surface area contributed by atoms with Gasteiger partial charge in [0.05, 0.1) is 19.7 Å². The van der Waals surface area contributed by atoms with Gasteiger partial charge in [0.1, 0.15) is 5.82 Å². The number of aromatic nitrogens is 2. The highest BCUT2D eigenvalue weighted by Gasteiger charge is 2.39. The molecule has 0 amide bonds. The van der Waals surface area contributed by atoms with Gasteiger partial charge in [0, 0.05) is 36.0 Å². The van der Waals surface area contributed by atoms with Gasteiger partial charge < -0.3 is 25.4 Å². The van der Waals surface area contributed by atoms with Gasteiger partial charge in [0.15, 0.2) is 11.5 Å². The van der Waals surface area contributed by atoms with E-state index in [1.807, 2.05) is 6.07 Å². The number of nitrogen functional groups attached to an aromatic ring is 1. The molecule has 0 spiro atoms. The number of benzene rings is 2. The van der Waals surface area contributed by atoms with Crippen molar-refractivity contribution >= 4 is 22.7 Å². The van der Waals surface area contributed by atoms with E-state index in [4.69, 9.17) is 20.2 Å². The summed E-state index contributed by atoms with van der Waals surface area (Å²) in [4.78, 5) is 11.8. The van der Waals surface area contributed by atoms with E-state index in [0.717, 1.165) is 60.5 Å². The summed E-state index contributed by atoms with van der Waals surface area (Å²) in [5.74, 6) is 3.25. The van der Waals surface area contributed by atoms with Crippen molar-refractivity contribution in [2.75, 3.05) is 52.0 Å². The summed E-state index contributed by atoms with van der Waals surface area (Å²) in [6.07, 6.45) is 5.74. The molecule has 3 N–H and O–H groups in total. The second-order valence-corrected chi connectivity index (χ2v) is 9.73. The largest absolute Gasteiger partial charge is 0.493 e. The van der Waals surface area contributed by atoms with Gasteiger partial charge in [0.25, 0.3) is 0 Å². The molecule has 2 fully saturated rings. The van der Waals surface area contributed by atoms with Gasteiger partial charge in [0.2, 0.25) is 5.95 Å². The number of nitrogens with zero attached hydrogens (tertiary/aromatic N) is 3. The number of nitrogens with two attached hydrogens (primary N) is 1.